The van der Waals surface area contributed by atoms with Crippen molar-refractivity contribution in [1.82, 2.24) is 4.90 Å². The molecule has 0 aromatic heterocycles. The topological polar surface area (TPSA) is 54.5 Å². The number of carbonyl (C=O) groups is 1. The number of nitrogens with zero attached hydrogens (tertiary/aromatic N) is 1. The van der Waals surface area contributed by atoms with Gasteiger partial charge in [-0.05, 0) is 31.4 Å². The third-order valence-electron chi connectivity index (χ3n) is 4.67. The molecule has 0 N–H and O–H groups in total. The largest absolute Gasteiger partial charge is 0.341 e. The summed E-state index contributed by atoms with van der Waals surface area (Å²) in [6.45, 7) is 0.929. The molecule has 1 aromatic carbocycles. The van der Waals surface area contributed by atoms with E-state index in [1.165, 1.54) is 0 Å². The van der Waals surface area contributed by atoms with Gasteiger partial charge in [-0.25, -0.2) is 8.42 Å². The van der Waals surface area contributed by atoms with E-state index < -0.39 is 15.1 Å². The maximum absolute atomic E-state index is 12.6. The van der Waals surface area contributed by atoms with Gasteiger partial charge in [0.05, 0.1) is 10.1 Å². The summed E-state index contributed by atoms with van der Waals surface area (Å²) in [5, 5.41) is -0.453. The average Bonchev–Trinajstić information content (AvgIpc) is 3.19. The maximum atomic E-state index is 12.6. The Hall–Kier alpha value is -1.36. The van der Waals surface area contributed by atoms with Crippen molar-refractivity contribution >= 4 is 15.7 Å². The van der Waals surface area contributed by atoms with Gasteiger partial charge in [-0.15, -0.1) is 0 Å². The number of rotatable bonds is 3. The van der Waals surface area contributed by atoms with Crippen molar-refractivity contribution in [1.29, 1.82) is 0 Å². The molecule has 1 saturated carbocycles. The number of hydrogen-bond donors (Lipinski definition) is 0. The molecule has 1 aliphatic carbocycles. The summed E-state index contributed by atoms with van der Waals surface area (Å²) in [6.07, 6.45) is 4.72. The standard InChI is InChI=1S/C16H21NO3S/c18-16(13-6-4-5-7-13)17-11-10-15(12-17)21(19,20)14-8-2-1-3-9-14/h1-3,8-9,13,15H,4-7,10-12H2. The second-order valence-corrected chi connectivity index (χ2v) is 8.26. The molecule has 21 heavy (non-hydrogen) atoms. The number of benzene rings is 1. The minimum absolute atomic E-state index is 0.128. The lowest BCUT2D eigenvalue weighted by molar-refractivity contribution is -0.134. The molecule has 1 saturated heterocycles. The molecule has 4 nitrogen and oxygen atoms in total. The molecule has 0 spiro atoms. The van der Waals surface area contributed by atoms with Gasteiger partial charge < -0.3 is 4.90 Å². The van der Waals surface area contributed by atoms with Crippen LogP contribution in [0.15, 0.2) is 35.2 Å². The predicted octanol–water partition coefficient (Wildman–Crippen LogP) is 2.25. The van der Waals surface area contributed by atoms with Gasteiger partial charge in [-0.2, -0.15) is 0 Å². The molecule has 1 aromatic rings. The highest BCUT2D eigenvalue weighted by molar-refractivity contribution is 7.92. The van der Waals surface area contributed by atoms with Crippen LogP contribution >= 0.6 is 0 Å². The molecule has 1 unspecified atom stereocenters. The first-order valence-electron chi connectivity index (χ1n) is 7.67. The molecule has 1 aliphatic heterocycles. The van der Waals surface area contributed by atoms with E-state index in [1.54, 1.807) is 29.2 Å². The first kappa shape index (κ1) is 14.6. The Balaban J connectivity index is 1.71. The summed E-state index contributed by atoms with van der Waals surface area (Å²) in [5.41, 5.74) is 0. The number of amides is 1. The minimum atomic E-state index is -3.32. The van der Waals surface area contributed by atoms with E-state index in [0.717, 1.165) is 25.7 Å². The third kappa shape index (κ3) is 2.84. The lowest BCUT2D eigenvalue weighted by Crippen LogP contribution is -2.35. The summed E-state index contributed by atoms with van der Waals surface area (Å²) >= 11 is 0. The minimum Gasteiger partial charge on any atom is -0.341 e. The lowest BCUT2D eigenvalue weighted by atomic mass is 10.1. The molecule has 3 rings (SSSR count). The van der Waals surface area contributed by atoms with Crippen molar-refractivity contribution in [3.05, 3.63) is 30.3 Å². The molecule has 5 heteroatoms. The van der Waals surface area contributed by atoms with Crippen LogP contribution in [0.1, 0.15) is 32.1 Å². The lowest BCUT2D eigenvalue weighted by Gasteiger charge is -2.20. The number of likely N-dealkylation sites (tertiary alicyclic amines) is 1. The van der Waals surface area contributed by atoms with Gasteiger partial charge in [-0.1, -0.05) is 31.0 Å². The molecular weight excluding hydrogens is 286 g/mol. The SMILES string of the molecule is O=C(C1CCCC1)N1CCC(S(=O)(=O)c2ccccc2)C1. The van der Waals surface area contributed by atoms with Crippen molar-refractivity contribution in [3.8, 4) is 0 Å². The molecule has 2 aliphatic rings. The second-order valence-electron chi connectivity index (χ2n) is 6.03. The number of carbonyl (C=O) groups excluding carboxylic acids is 1. The summed E-state index contributed by atoms with van der Waals surface area (Å²) in [7, 11) is -3.32. The molecule has 0 radical (unpaired) electrons. The van der Waals surface area contributed by atoms with Crippen molar-refractivity contribution in [2.24, 2.45) is 5.92 Å². The Morgan fingerprint density at radius 2 is 1.71 bits per heavy atom. The summed E-state index contributed by atoms with van der Waals surface area (Å²) in [5.74, 6) is 0.293. The highest BCUT2D eigenvalue weighted by atomic mass is 32.2. The van der Waals surface area contributed by atoms with E-state index in [4.69, 9.17) is 0 Å². The zero-order chi connectivity index (χ0) is 14.9. The van der Waals surface area contributed by atoms with E-state index in [0.29, 0.717) is 24.4 Å². The molecule has 1 heterocycles. The zero-order valence-corrected chi connectivity index (χ0v) is 12.9. The van der Waals surface area contributed by atoms with Crippen molar-refractivity contribution < 1.29 is 13.2 Å². The van der Waals surface area contributed by atoms with Crippen LogP contribution in [0.25, 0.3) is 0 Å². The van der Waals surface area contributed by atoms with E-state index in [1.807, 2.05) is 6.07 Å². The predicted molar refractivity (Wildman–Crippen MR) is 80.6 cm³/mol. The van der Waals surface area contributed by atoms with E-state index in [2.05, 4.69) is 0 Å². The van der Waals surface area contributed by atoms with Gasteiger partial charge in [-0.3, -0.25) is 4.79 Å². The summed E-state index contributed by atoms with van der Waals surface area (Å²) in [6, 6.07) is 8.56. The van der Waals surface area contributed by atoms with Crippen LogP contribution in [-0.4, -0.2) is 37.6 Å². The molecule has 0 bridgehead atoms. The average molecular weight is 307 g/mol. The van der Waals surface area contributed by atoms with Crippen LogP contribution in [0, 0.1) is 5.92 Å². The van der Waals surface area contributed by atoms with Gasteiger partial charge in [0.2, 0.25) is 5.91 Å². The first-order chi connectivity index (χ1) is 10.1. The fraction of sp³-hybridized carbons (Fsp3) is 0.562. The summed E-state index contributed by atoms with van der Waals surface area (Å²) < 4.78 is 25.2. The highest BCUT2D eigenvalue weighted by Gasteiger charge is 2.38. The second kappa shape index (κ2) is 5.79. The smallest absolute Gasteiger partial charge is 0.225 e. The van der Waals surface area contributed by atoms with Crippen LogP contribution < -0.4 is 0 Å². The van der Waals surface area contributed by atoms with Crippen LogP contribution in [0.3, 0.4) is 0 Å². The van der Waals surface area contributed by atoms with Crippen molar-refractivity contribution in [2.45, 2.75) is 42.2 Å². The molecule has 1 amide bonds. The van der Waals surface area contributed by atoms with Crippen LogP contribution in [0.2, 0.25) is 0 Å². The van der Waals surface area contributed by atoms with Crippen LogP contribution in [0.5, 0.6) is 0 Å². The monoisotopic (exact) mass is 307 g/mol. The fourth-order valence-electron chi connectivity index (χ4n) is 3.42. The Bertz CT molecular complexity index is 606. The first-order valence-corrected chi connectivity index (χ1v) is 9.21. The van der Waals surface area contributed by atoms with Crippen LogP contribution in [-0.2, 0) is 14.6 Å². The fourth-order valence-corrected chi connectivity index (χ4v) is 5.13. The Morgan fingerprint density at radius 3 is 2.38 bits per heavy atom. The normalized spacial score (nSPS) is 23.6. The van der Waals surface area contributed by atoms with Gasteiger partial charge in [0.1, 0.15) is 0 Å². The van der Waals surface area contributed by atoms with Gasteiger partial charge >= 0.3 is 0 Å². The van der Waals surface area contributed by atoms with E-state index in [-0.39, 0.29) is 11.8 Å². The van der Waals surface area contributed by atoms with Gasteiger partial charge in [0.25, 0.3) is 0 Å². The molecular formula is C16H21NO3S. The zero-order valence-electron chi connectivity index (χ0n) is 12.1. The molecule has 2 fully saturated rings. The Labute approximate surface area is 126 Å². The number of hydrogen-bond acceptors (Lipinski definition) is 3. The van der Waals surface area contributed by atoms with Gasteiger partial charge in [0.15, 0.2) is 9.84 Å². The summed E-state index contributed by atoms with van der Waals surface area (Å²) in [4.78, 5) is 14.5. The Morgan fingerprint density at radius 1 is 1.05 bits per heavy atom. The molecule has 1 atom stereocenters. The van der Waals surface area contributed by atoms with E-state index in [9.17, 15) is 13.2 Å². The van der Waals surface area contributed by atoms with E-state index >= 15 is 0 Å². The third-order valence-corrected chi connectivity index (χ3v) is 6.86. The van der Waals surface area contributed by atoms with Gasteiger partial charge in [0, 0.05) is 19.0 Å². The van der Waals surface area contributed by atoms with Crippen molar-refractivity contribution in [3.63, 3.8) is 0 Å². The Kier molecular flexibility index (Phi) is 4.02. The molecule has 114 valence electrons. The highest BCUT2D eigenvalue weighted by Crippen LogP contribution is 2.30. The van der Waals surface area contributed by atoms with Crippen molar-refractivity contribution in [2.75, 3.05) is 13.1 Å². The quantitative estimate of drug-likeness (QED) is 0.860. The number of sulfone groups is 1. The van der Waals surface area contributed by atoms with Crippen LogP contribution in [0.4, 0.5) is 0 Å². The maximum Gasteiger partial charge on any atom is 0.225 e.